The van der Waals surface area contributed by atoms with E-state index in [1.54, 1.807) is 0 Å². The lowest BCUT2D eigenvalue weighted by Gasteiger charge is -1.81. The van der Waals surface area contributed by atoms with Crippen molar-refractivity contribution in [3.05, 3.63) is 5.01 Å². The van der Waals surface area contributed by atoms with Gasteiger partial charge < -0.3 is 24.0 Å². The molecule has 0 amide bonds. The lowest BCUT2D eigenvalue weighted by Crippen LogP contribution is -1.67. The molecule has 0 fully saturated rings. The Kier molecular flexibility index (Phi) is 1.21. The molecule has 0 aliphatic rings. The van der Waals surface area contributed by atoms with Gasteiger partial charge in [0.15, 0.2) is 0 Å². The molecule has 2 nitrogen and oxygen atoms in total. The summed E-state index contributed by atoms with van der Waals surface area (Å²) in [6, 6.07) is 0. The smallest absolute Gasteiger partial charge is 0.0210 e. The zero-order valence-corrected chi connectivity index (χ0v) is 5.34. The summed E-state index contributed by atoms with van der Waals surface area (Å²) >= 11 is 6.11. The van der Waals surface area contributed by atoms with Crippen LogP contribution in [0.25, 0.3) is 0 Å². The number of rotatable bonds is 0. The van der Waals surface area contributed by atoms with E-state index in [9.17, 15) is 0 Å². The largest absolute Gasteiger partial charge is 0.406 e. The van der Waals surface area contributed by atoms with Crippen LogP contribution in [0, 0.1) is 6.92 Å². The van der Waals surface area contributed by atoms with Crippen molar-refractivity contribution >= 4 is 24.0 Å². The van der Waals surface area contributed by atoms with Gasteiger partial charge in [0.1, 0.15) is 0 Å². The standard InChI is InChI=1S/C3H4N2S2/c1-2-4-5-3(6)7-2/h1H3,(H,5,6)/p-1. The lowest BCUT2D eigenvalue weighted by atomic mass is 10.9. The fourth-order valence-corrected chi connectivity index (χ4v) is 1.10. The van der Waals surface area contributed by atoms with Crippen LogP contribution in [0.5, 0.6) is 0 Å². The van der Waals surface area contributed by atoms with E-state index in [0.29, 0.717) is 4.34 Å². The van der Waals surface area contributed by atoms with E-state index in [4.69, 9.17) is 0 Å². The minimum Gasteiger partial charge on any atom is -0.406 e. The third kappa shape index (κ3) is 1.07. The summed E-state index contributed by atoms with van der Waals surface area (Å²) in [6.07, 6.45) is 0. The average molecular weight is 131 g/mol. The summed E-state index contributed by atoms with van der Waals surface area (Å²) in [6.45, 7) is 1.88. The molecule has 38 valence electrons. The van der Waals surface area contributed by atoms with E-state index in [1.807, 2.05) is 6.92 Å². The zero-order valence-electron chi connectivity index (χ0n) is 3.71. The highest BCUT2D eigenvalue weighted by Crippen LogP contribution is 2.04. The van der Waals surface area contributed by atoms with Crippen LogP contribution in [0.2, 0.25) is 0 Å². The molecule has 4 heteroatoms. The van der Waals surface area contributed by atoms with Gasteiger partial charge in [0.2, 0.25) is 0 Å². The molecule has 0 aliphatic heterocycles. The fourth-order valence-electron chi connectivity index (χ4n) is 0.278. The van der Waals surface area contributed by atoms with Gasteiger partial charge in [-0.1, -0.05) is 0 Å². The van der Waals surface area contributed by atoms with Crippen molar-refractivity contribution in [3.8, 4) is 0 Å². The van der Waals surface area contributed by atoms with Crippen molar-refractivity contribution in [2.45, 2.75) is 11.3 Å². The first-order valence-corrected chi connectivity index (χ1v) is 2.98. The van der Waals surface area contributed by atoms with Crippen molar-refractivity contribution in [2.75, 3.05) is 0 Å². The predicted molar refractivity (Wildman–Crippen MR) is 30.3 cm³/mol. The molecule has 0 saturated carbocycles. The lowest BCUT2D eigenvalue weighted by molar-refractivity contribution is 0.986. The van der Waals surface area contributed by atoms with Gasteiger partial charge in [0, 0.05) is 5.01 Å². The molecule has 1 aromatic heterocycles. The van der Waals surface area contributed by atoms with E-state index in [0.717, 1.165) is 5.01 Å². The van der Waals surface area contributed by atoms with E-state index < -0.39 is 0 Å². The first kappa shape index (κ1) is 4.93. The second-order valence-corrected chi connectivity index (χ2v) is 2.91. The van der Waals surface area contributed by atoms with Crippen LogP contribution in [0.4, 0.5) is 0 Å². The van der Waals surface area contributed by atoms with Crippen molar-refractivity contribution in [3.63, 3.8) is 0 Å². The van der Waals surface area contributed by atoms with Crippen molar-refractivity contribution in [2.24, 2.45) is 0 Å². The molecule has 0 saturated heterocycles. The SMILES string of the molecule is Cc1nnc([S-])s1. The second-order valence-electron chi connectivity index (χ2n) is 1.09. The van der Waals surface area contributed by atoms with Gasteiger partial charge in [-0.05, 0) is 11.3 Å². The highest BCUT2D eigenvalue weighted by molar-refractivity contribution is 7.62. The minimum atomic E-state index is 0.623. The Balaban J connectivity index is 3.04. The Bertz CT molecular complexity index is 143. The molecule has 0 aliphatic carbocycles. The fraction of sp³-hybridized carbons (Fsp3) is 0.333. The molecule has 0 aromatic carbocycles. The second kappa shape index (κ2) is 1.71. The molecule has 7 heavy (non-hydrogen) atoms. The van der Waals surface area contributed by atoms with E-state index >= 15 is 0 Å². The maximum atomic E-state index is 4.68. The minimum absolute atomic E-state index is 0.623. The van der Waals surface area contributed by atoms with Gasteiger partial charge in [0.25, 0.3) is 0 Å². The normalized spacial score (nSPS) is 9.29. The van der Waals surface area contributed by atoms with Gasteiger partial charge in [-0.25, -0.2) is 0 Å². The topological polar surface area (TPSA) is 25.8 Å². The number of aromatic nitrogens is 2. The van der Waals surface area contributed by atoms with Crippen LogP contribution in [0.15, 0.2) is 4.34 Å². The van der Waals surface area contributed by atoms with Crippen LogP contribution in [-0.4, -0.2) is 10.2 Å². The van der Waals surface area contributed by atoms with Crippen LogP contribution in [-0.2, 0) is 12.6 Å². The Morgan fingerprint density at radius 1 is 1.57 bits per heavy atom. The molecular weight excluding hydrogens is 128 g/mol. The first-order valence-electron chi connectivity index (χ1n) is 1.76. The summed E-state index contributed by atoms with van der Waals surface area (Å²) < 4.78 is 0.623. The maximum Gasteiger partial charge on any atom is 0.0210 e. The molecular formula is C3H3N2S2-. The van der Waals surface area contributed by atoms with Crippen LogP contribution < -0.4 is 0 Å². The predicted octanol–water partition coefficient (Wildman–Crippen LogP) is 0.752. The van der Waals surface area contributed by atoms with Crippen molar-refractivity contribution in [1.29, 1.82) is 0 Å². The molecule has 0 radical (unpaired) electrons. The van der Waals surface area contributed by atoms with Crippen molar-refractivity contribution < 1.29 is 0 Å². The van der Waals surface area contributed by atoms with E-state index in [2.05, 4.69) is 22.8 Å². The molecule has 1 heterocycles. The number of aryl methyl sites for hydroxylation is 1. The molecule has 0 atom stereocenters. The third-order valence-corrected chi connectivity index (χ3v) is 1.47. The monoisotopic (exact) mass is 131 g/mol. The zero-order chi connectivity index (χ0) is 5.28. The molecule has 0 unspecified atom stereocenters. The third-order valence-electron chi connectivity index (χ3n) is 0.507. The quantitative estimate of drug-likeness (QED) is 0.486. The Morgan fingerprint density at radius 3 is 2.43 bits per heavy atom. The highest BCUT2D eigenvalue weighted by atomic mass is 32.2. The Morgan fingerprint density at radius 2 is 2.29 bits per heavy atom. The van der Waals surface area contributed by atoms with Gasteiger partial charge >= 0.3 is 0 Å². The van der Waals surface area contributed by atoms with Crippen molar-refractivity contribution in [1.82, 2.24) is 10.2 Å². The van der Waals surface area contributed by atoms with E-state index in [-0.39, 0.29) is 0 Å². The maximum absolute atomic E-state index is 4.68. The Labute approximate surface area is 51.0 Å². The van der Waals surface area contributed by atoms with Gasteiger partial charge in [-0.3, -0.25) is 0 Å². The Hall–Kier alpha value is -0.220. The molecule has 0 N–H and O–H groups in total. The molecule has 1 rings (SSSR count). The average Bonchev–Trinajstić information content (AvgIpc) is 1.87. The summed E-state index contributed by atoms with van der Waals surface area (Å²) in [7, 11) is 0. The molecule has 0 spiro atoms. The highest BCUT2D eigenvalue weighted by Gasteiger charge is 1.76. The molecule has 0 bridgehead atoms. The van der Waals surface area contributed by atoms with Gasteiger partial charge in [-0.15, -0.1) is 0 Å². The number of hydrogen-bond donors (Lipinski definition) is 0. The number of nitrogens with zero attached hydrogens (tertiary/aromatic N) is 2. The summed E-state index contributed by atoms with van der Waals surface area (Å²) in [5.74, 6) is 0. The van der Waals surface area contributed by atoms with Gasteiger partial charge in [-0.2, -0.15) is 10.2 Å². The summed E-state index contributed by atoms with van der Waals surface area (Å²) in [5, 5.41) is 8.22. The van der Waals surface area contributed by atoms with E-state index in [1.165, 1.54) is 11.3 Å². The summed E-state index contributed by atoms with van der Waals surface area (Å²) in [4.78, 5) is 0. The first-order chi connectivity index (χ1) is 3.29. The summed E-state index contributed by atoms with van der Waals surface area (Å²) in [5.41, 5.74) is 0. The molecule has 1 aromatic rings. The van der Waals surface area contributed by atoms with Crippen LogP contribution >= 0.6 is 11.3 Å². The van der Waals surface area contributed by atoms with Gasteiger partial charge in [0.05, 0.1) is 0 Å². The van der Waals surface area contributed by atoms with Crippen LogP contribution in [0.3, 0.4) is 0 Å². The van der Waals surface area contributed by atoms with Crippen LogP contribution in [0.1, 0.15) is 5.01 Å². The number of hydrogen-bond acceptors (Lipinski definition) is 4.